The van der Waals surface area contributed by atoms with E-state index in [0.717, 1.165) is 16.5 Å². The second kappa shape index (κ2) is 5.51. The maximum absolute atomic E-state index is 9.20. The highest BCUT2D eigenvalue weighted by Crippen LogP contribution is 2.29. The van der Waals surface area contributed by atoms with Gasteiger partial charge in [0.2, 0.25) is 0 Å². The van der Waals surface area contributed by atoms with Crippen LogP contribution in [0.1, 0.15) is 5.56 Å². The average Bonchev–Trinajstić information content (AvgIpc) is 2.66. The molecule has 0 saturated heterocycles. The number of aliphatic hydroxyl groups excluding tert-OH is 2. The van der Waals surface area contributed by atoms with Gasteiger partial charge in [0.15, 0.2) is 5.22 Å². The van der Waals surface area contributed by atoms with Crippen molar-refractivity contribution in [2.24, 2.45) is 0 Å². The summed E-state index contributed by atoms with van der Waals surface area (Å²) in [6.45, 7) is 0.548. The van der Waals surface area contributed by atoms with Gasteiger partial charge < -0.3 is 19.9 Å². The van der Waals surface area contributed by atoms with Crippen molar-refractivity contribution in [1.82, 2.24) is 5.32 Å². The van der Waals surface area contributed by atoms with Gasteiger partial charge in [-0.25, -0.2) is 0 Å². The van der Waals surface area contributed by atoms with Crippen molar-refractivity contribution < 1.29 is 14.6 Å². The van der Waals surface area contributed by atoms with E-state index in [-0.39, 0.29) is 6.61 Å². The summed E-state index contributed by atoms with van der Waals surface area (Å²) >= 11 is 6.00. The van der Waals surface area contributed by atoms with Crippen LogP contribution < -0.4 is 5.32 Å². The number of hydrogen-bond acceptors (Lipinski definition) is 4. The average molecular weight is 256 g/mol. The highest BCUT2D eigenvalue weighted by atomic mass is 35.5. The first-order valence-electron chi connectivity index (χ1n) is 5.38. The standard InChI is InChI=1S/C12H14ClNO3/c13-12-10(6-14-5-8(16)7-15)9-3-1-2-4-11(9)17-12/h1-4,8,14-16H,5-7H2. The van der Waals surface area contributed by atoms with Crippen LogP contribution in [0.2, 0.25) is 5.22 Å². The summed E-state index contributed by atoms with van der Waals surface area (Å²) in [5.41, 5.74) is 1.62. The van der Waals surface area contributed by atoms with Gasteiger partial charge in [0, 0.05) is 24.0 Å². The second-order valence-corrected chi connectivity index (χ2v) is 4.16. The van der Waals surface area contributed by atoms with Crippen LogP contribution in [0.25, 0.3) is 11.0 Å². The highest BCUT2D eigenvalue weighted by Gasteiger charge is 2.11. The molecule has 0 aliphatic carbocycles. The SMILES string of the molecule is OCC(O)CNCc1c(Cl)oc2ccccc12. The second-order valence-electron chi connectivity index (χ2n) is 3.82. The first-order chi connectivity index (χ1) is 8.22. The van der Waals surface area contributed by atoms with Crippen LogP contribution >= 0.6 is 11.6 Å². The fourth-order valence-corrected chi connectivity index (χ4v) is 1.91. The van der Waals surface area contributed by atoms with Gasteiger partial charge in [0.05, 0.1) is 12.7 Å². The van der Waals surface area contributed by atoms with Gasteiger partial charge in [-0.1, -0.05) is 18.2 Å². The zero-order valence-electron chi connectivity index (χ0n) is 9.19. The molecule has 92 valence electrons. The third-order valence-corrected chi connectivity index (χ3v) is 2.85. The minimum Gasteiger partial charge on any atom is -0.444 e. The Kier molecular flexibility index (Phi) is 4.02. The van der Waals surface area contributed by atoms with Gasteiger partial charge in [-0.3, -0.25) is 0 Å². The number of nitrogens with one attached hydrogen (secondary N) is 1. The molecule has 1 unspecified atom stereocenters. The van der Waals surface area contributed by atoms with Gasteiger partial charge >= 0.3 is 0 Å². The normalized spacial score (nSPS) is 13.1. The highest BCUT2D eigenvalue weighted by molar-refractivity contribution is 6.30. The zero-order valence-corrected chi connectivity index (χ0v) is 9.94. The van der Waals surface area contributed by atoms with E-state index < -0.39 is 6.10 Å². The number of benzene rings is 1. The maximum atomic E-state index is 9.20. The minimum absolute atomic E-state index is 0.257. The number of hydrogen-bond donors (Lipinski definition) is 3. The van der Waals surface area contributed by atoms with E-state index in [1.807, 2.05) is 24.3 Å². The van der Waals surface area contributed by atoms with Gasteiger partial charge in [-0.2, -0.15) is 0 Å². The van der Waals surface area contributed by atoms with Crippen LogP contribution in [0, 0.1) is 0 Å². The van der Waals surface area contributed by atoms with Crippen molar-refractivity contribution in [3.05, 3.63) is 35.0 Å². The van der Waals surface area contributed by atoms with Gasteiger partial charge in [-0.05, 0) is 17.7 Å². The van der Waals surface area contributed by atoms with E-state index in [1.54, 1.807) is 0 Å². The molecular formula is C12H14ClNO3. The van der Waals surface area contributed by atoms with Crippen molar-refractivity contribution in [3.63, 3.8) is 0 Å². The van der Waals surface area contributed by atoms with Crippen LogP contribution in [-0.4, -0.2) is 29.5 Å². The fourth-order valence-electron chi connectivity index (χ4n) is 1.66. The third kappa shape index (κ3) is 2.79. The van der Waals surface area contributed by atoms with Gasteiger partial charge in [0.25, 0.3) is 0 Å². The number of halogens is 1. The number of fused-ring (bicyclic) bond motifs is 1. The summed E-state index contributed by atoms with van der Waals surface area (Å²) in [6.07, 6.45) is -0.757. The Labute approximate surface area is 104 Å². The smallest absolute Gasteiger partial charge is 0.199 e. The summed E-state index contributed by atoms with van der Waals surface area (Å²) in [5.74, 6) is 0. The molecule has 0 amide bonds. The van der Waals surface area contributed by atoms with Crippen LogP contribution in [0.3, 0.4) is 0 Å². The fraction of sp³-hybridized carbons (Fsp3) is 0.333. The topological polar surface area (TPSA) is 65.6 Å². The molecule has 0 radical (unpaired) electrons. The van der Waals surface area contributed by atoms with Crippen molar-refractivity contribution in [3.8, 4) is 0 Å². The molecule has 0 fully saturated rings. The predicted octanol–water partition coefficient (Wildman–Crippen LogP) is 1.53. The van der Waals surface area contributed by atoms with Crippen molar-refractivity contribution in [2.45, 2.75) is 12.6 Å². The van der Waals surface area contributed by atoms with E-state index in [4.69, 9.17) is 21.1 Å². The summed E-state index contributed by atoms with van der Waals surface area (Å²) in [7, 11) is 0. The molecule has 1 heterocycles. The molecule has 5 heteroatoms. The molecule has 3 N–H and O–H groups in total. The van der Waals surface area contributed by atoms with E-state index in [1.165, 1.54) is 0 Å². The predicted molar refractivity (Wildman–Crippen MR) is 66.0 cm³/mol. The van der Waals surface area contributed by atoms with E-state index >= 15 is 0 Å². The molecule has 0 aliphatic heterocycles. The van der Waals surface area contributed by atoms with Crippen LogP contribution in [0.4, 0.5) is 0 Å². The number of furan rings is 1. The molecule has 4 nitrogen and oxygen atoms in total. The van der Waals surface area contributed by atoms with Gasteiger partial charge in [0.1, 0.15) is 5.58 Å². The van der Waals surface area contributed by atoms with Crippen LogP contribution in [0.15, 0.2) is 28.7 Å². The van der Waals surface area contributed by atoms with E-state index in [0.29, 0.717) is 18.3 Å². The Morgan fingerprint density at radius 2 is 2.12 bits per heavy atom. The van der Waals surface area contributed by atoms with E-state index in [2.05, 4.69) is 5.32 Å². The molecule has 1 atom stereocenters. The Balaban J connectivity index is 2.10. The van der Waals surface area contributed by atoms with E-state index in [9.17, 15) is 5.11 Å². The molecule has 1 aromatic heterocycles. The molecular weight excluding hydrogens is 242 g/mol. The Morgan fingerprint density at radius 3 is 2.88 bits per heavy atom. The Bertz CT molecular complexity index is 497. The summed E-state index contributed by atoms with van der Waals surface area (Å²) < 4.78 is 5.40. The first kappa shape index (κ1) is 12.4. The Morgan fingerprint density at radius 1 is 1.35 bits per heavy atom. The van der Waals surface area contributed by atoms with Gasteiger partial charge in [-0.15, -0.1) is 0 Å². The third-order valence-electron chi connectivity index (χ3n) is 2.54. The summed E-state index contributed by atoms with van der Waals surface area (Å²) in [4.78, 5) is 0. The lowest BCUT2D eigenvalue weighted by molar-refractivity contribution is 0.0942. The lowest BCUT2D eigenvalue weighted by Gasteiger charge is -2.08. The van der Waals surface area contributed by atoms with Crippen LogP contribution in [0.5, 0.6) is 0 Å². The first-order valence-corrected chi connectivity index (χ1v) is 5.75. The number of para-hydroxylation sites is 1. The number of rotatable bonds is 5. The minimum atomic E-state index is -0.757. The Hall–Kier alpha value is -1.07. The largest absolute Gasteiger partial charge is 0.444 e. The molecule has 0 bridgehead atoms. The van der Waals surface area contributed by atoms with Crippen molar-refractivity contribution in [1.29, 1.82) is 0 Å². The zero-order chi connectivity index (χ0) is 12.3. The number of aliphatic hydroxyl groups is 2. The van der Waals surface area contributed by atoms with Crippen molar-refractivity contribution in [2.75, 3.05) is 13.2 Å². The molecule has 2 rings (SSSR count). The van der Waals surface area contributed by atoms with Crippen molar-refractivity contribution >= 4 is 22.6 Å². The molecule has 0 spiro atoms. The quantitative estimate of drug-likeness (QED) is 0.758. The monoisotopic (exact) mass is 255 g/mol. The summed E-state index contributed by atoms with van der Waals surface area (Å²) in [5, 5.41) is 22.2. The molecule has 0 aliphatic rings. The molecule has 0 saturated carbocycles. The lowest BCUT2D eigenvalue weighted by Crippen LogP contribution is -2.28. The molecule has 2 aromatic rings. The molecule has 17 heavy (non-hydrogen) atoms. The lowest BCUT2D eigenvalue weighted by atomic mass is 10.2. The molecule has 1 aromatic carbocycles. The van der Waals surface area contributed by atoms with Crippen LogP contribution in [-0.2, 0) is 6.54 Å². The summed E-state index contributed by atoms with van der Waals surface area (Å²) in [6, 6.07) is 7.59. The maximum Gasteiger partial charge on any atom is 0.199 e.